The number of benzene rings is 1. The minimum Gasteiger partial charge on any atom is -0.381 e. The maximum absolute atomic E-state index is 5.63. The maximum atomic E-state index is 5.63. The van der Waals surface area contributed by atoms with Crippen LogP contribution in [0.25, 0.3) is 0 Å². The van der Waals surface area contributed by atoms with E-state index < -0.39 is 0 Å². The molecule has 2 atom stereocenters. The maximum Gasteiger partial charge on any atom is 0.0495 e. The van der Waals surface area contributed by atoms with Gasteiger partial charge in [0.05, 0.1) is 0 Å². The van der Waals surface area contributed by atoms with Crippen molar-refractivity contribution < 1.29 is 4.74 Å². The Labute approximate surface area is 111 Å². The molecule has 1 saturated heterocycles. The van der Waals surface area contributed by atoms with Crippen LogP contribution in [-0.2, 0) is 11.2 Å². The SMILES string of the molecule is NNC(Cc1cccc(Br)c1)CC1CCOC1. The molecule has 0 amide bonds. The lowest BCUT2D eigenvalue weighted by Crippen LogP contribution is -2.38. The molecule has 0 saturated carbocycles. The molecule has 4 heteroatoms. The van der Waals surface area contributed by atoms with Crippen LogP contribution in [0.4, 0.5) is 0 Å². The fourth-order valence-corrected chi connectivity index (χ4v) is 2.78. The molecule has 2 rings (SSSR count). The Morgan fingerprint density at radius 1 is 1.53 bits per heavy atom. The Morgan fingerprint density at radius 2 is 2.41 bits per heavy atom. The molecule has 0 radical (unpaired) electrons. The van der Waals surface area contributed by atoms with Crippen molar-refractivity contribution in [2.24, 2.45) is 11.8 Å². The van der Waals surface area contributed by atoms with E-state index in [0.717, 1.165) is 36.9 Å². The summed E-state index contributed by atoms with van der Waals surface area (Å²) < 4.78 is 6.52. The number of hydrogen-bond donors (Lipinski definition) is 2. The molecule has 1 aromatic rings. The quantitative estimate of drug-likeness (QED) is 0.647. The summed E-state index contributed by atoms with van der Waals surface area (Å²) in [7, 11) is 0. The zero-order chi connectivity index (χ0) is 12.1. The van der Waals surface area contributed by atoms with Crippen molar-refractivity contribution in [1.82, 2.24) is 5.43 Å². The van der Waals surface area contributed by atoms with E-state index in [2.05, 4.69) is 39.6 Å². The largest absolute Gasteiger partial charge is 0.381 e. The molecule has 1 fully saturated rings. The average Bonchev–Trinajstić information content (AvgIpc) is 2.81. The van der Waals surface area contributed by atoms with Gasteiger partial charge in [0.1, 0.15) is 0 Å². The second-order valence-corrected chi connectivity index (χ2v) is 5.58. The standard InChI is InChI=1S/C13H19BrN2O/c14-12-3-1-2-10(6-12)7-13(16-15)8-11-4-5-17-9-11/h1-3,6,11,13,16H,4-5,7-9,15H2. The third-order valence-electron chi connectivity index (χ3n) is 3.25. The topological polar surface area (TPSA) is 47.3 Å². The predicted octanol–water partition coefficient (Wildman–Crippen LogP) is 2.25. The Kier molecular flexibility index (Phi) is 4.98. The molecular formula is C13H19BrN2O. The van der Waals surface area contributed by atoms with Crippen LogP contribution in [0.15, 0.2) is 28.7 Å². The summed E-state index contributed by atoms with van der Waals surface area (Å²) in [4.78, 5) is 0. The van der Waals surface area contributed by atoms with Gasteiger partial charge in [-0.25, -0.2) is 0 Å². The number of hydrogen-bond acceptors (Lipinski definition) is 3. The van der Waals surface area contributed by atoms with E-state index in [1.807, 2.05) is 6.07 Å². The minimum atomic E-state index is 0.330. The normalized spacial score (nSPS) is 21.6. The average molecular weight is 299 g/mol. The van der Waals surface area contributed by atoms with Gasteiger partial charge in [0.2, 0.25) is 0 Å². The Balaban J connectivity index is 1.90. The van der Waals surface area contributed by atoms with E-state index in [9.17, 15) is 0 Å². The third kappa shape index (κ3) is 4.07. The first kappa shape index (κ1) is 13.0. The molecule has 1 heterocycles. The van der Waals surface area contributed by atoms with E-state index in [4.69, 9.17) is 10.6 Å². The molecule has 0 bridgehead atoms. The highest BCUT2D eigenvalue weighted by Gasteiger charge is 2.20. The molecule has 3 nitrogen and oxygen atoms in total. The van der Waals surface area contributed by atoms with Crippen LogP contribution in [0.5, 0.6) is 0 Å². The lowest BCUT2D eigenvalue weighted by atomic mass is 9.95. The predicted molar refractivity (Wildman–Crippen MR) is 72.5 cm³/mol. The molecule has 1 aliphatic rings. The first-order valence-electron chi connectivity index (χ1n) is 6.06. The van der Waals surface area contributed by atoms with Crippen molar-refractivity contribution in [1.29, 1.82) is 0 Å². The minimum absolute atomic E-state index is 0.330. The fourth-order valence-electron chi connectivity index (χ4n) is 2.33. The Morgan fingerprint density at radius 3 is 3.06 bits per heavy atom. The summed E-state index contributed by atoms with van der Waals surface area (Å²) in [5.74, 6) is 6.29. The molecule has 0 aliphatic carbocycles. The van der Waals surface area contributed by atoms with E-state index >= 15 is 0 Å². The highest BCUT2D eigenvalue weighted by atomic mass is 79.9. The van der Waals surface area contributed by atoms with Crippen LogP contribution in [-0.4, -0.2) is 19.3 Å². The zero-order valence-corrected chi connectivity index (χ0v) is 11.4. The molecule has 3 N–H and O–H groups in total. The summed E-state index contributed by atoms with van der Waals surface area (Å²) in [6.07, 6.45) is 3.21. The number of nitrogens with two attached hydrogens (primary N) is 1. The zero-order valence-electron chi connectivity index (χ0n) is 9.86. The van der Waals surface area contributed by atoms with Crippen molar-refractivity contribution in [3.8, 4) is 0 Å². The van der Waals surface area contributed by atoms with Gasteiger partial charge in [-0.05, 0) is 42.9 Å². The molecule has 2 unspecified atom stereocenters. The lowest BCUT2D eigenvalue weighted by Gasteiger charge is -2.19. The smallest absolute Gasteiger partial charge is 0.0495 e. The van der Waals surface area contributed by atoms with Crippen LogP contribution in [0, 0.1) is 5.92 Å². The lowest BCUT2D eigenvalue weighted by molar-refractivity contribution is 0.181. The van der Waals surface area contributed by atoms with Crippen LogP contribution < -0.4 is 11.3 Å². The van der Waals surface area contributed by atoms with Gasteiger partial charge in [-0.2, -0.15) is 0 Å². The summed E-state index contributed by atoms with van der Waals surface area (Å²) in [6.45, 7) is 1.79. The first-order chi connectivity index (χ1) is 8.28. The van der Waals surface area contributed by atoms with Crippen LogP contribution in [0.2, 0.25) is 0 Å². The summed E-state index contributed by atoms with van der Waals surface area (Å²) in [5, 5.41) is 0. The first-order valence-corrected chi connectivity index (χ1v) is 6.85. The Bertz CT molecular complexity index is 353. The summed E-state index contributed by atoms with van der Waals surface area (Å²) >= 11 is 3.49. The molecule has 0 aromatic heterocycles. The van der Waals surface area contributed by atoms with Gasteiger partial charge >= 0.3 is 0 Å². The van der Waals surface area contributed by atoms with Crippen molar-refractivity contribution in [3.05, 3.63) is 34.3 Å². The summed E-state index contributed by atoms with van der Waals surface area (Å²) in [5.41, 5.74) is 4.23. The monoisotopic (exact) mass is 298 g/mol. The highest BCUT2D eigenvalue weighted by Crippen LogP contribution is 2.20. The number of halogens is 1. The molecular weight excluding hydrogens is 280 g/mol. The molecule has 17 heavy (non-hydrogen) atoms. The van der Waals surface area contributed by atoms with Crippen LogP contribution >= 0.6 is 15.9 Å². The van der Waals surface area contributed by atoms with E-state index in [-0.39, 0.29) is 0 Å². The number of nitrogens with one attached hydrogen (secondary N) is 1. The fraction of sp³-hybridized carbons (Fsp3) is 0.538. The Hall–Kier alpha value is -0.420. The van der Waals surface area contributed by atoms with Crippen LogP contribution in [0.3, 0.4) is 0 Å². The van der Waals surface area contributed by atoms with Gasteiger partial charge in [0, 0.05) is 23.7 Å². The third-order valence-corrected chi connectivity index (χ3v) is 3.74. The van der Waals surface area contributed by atoms with Gasteiger partial charge in [-0.3, -0.25) is 11.3 Å². The molecule has 94 valence electrons. The van der Waals surface area contributed by atoms with Gasteiger partial charge in [-0.15, -0.1) is 0 Å². The second kappa shape index (κ2) is 6.50. The van der Waals surface area contributed by atoms with Crippen molar-refractivity contribution in [2.75, 3.05) is 13.2 Å². The van der Waals surface area contributed by atoms with E-state index in [1.165, 1.54) is 5.56 Å². The van der Waals surface area contributed by atoms with E-state index in [0.29, 0.717) is 12.0 Å². The highest BCUT2D eigenvalue weighted by molar-refractivity contribution is 9.10. The molecule has 0 spiro atoms. The van der Waals surface area contributed by atoms with Crippen molar-refractivity contribution in [2.45, 2.75) is 25.3 Å². The number of rotatable bonds is 5. The van der Waals surface area contributed by atoms with E-state index in [1.54, 1.807) is 0 Å². The summed E-state index contributed by atoms with van der Waals surface area (Å²) in [6, 6.07) is 8.72. The number of ether oxygens (including phenoxy) is 1. The second-order valence-electron chi connectivity index (χ2n) is 4.66. The number of hydrazine groups is 1. The van der Waals surface area contributed by atoms with Crippen molar-refractivity contribution in [3.63, 3.8) is 0 Å². The van der Waals surface area contributed by atoms with Crippen LogP contribution in [0.1, 0.15) is 18.4 Å². The molecule has 1 aromatic carbocycles. The van der Waals surface area contributed by atoms with Gasteiger partial charge < -0.3 is 4.74 Å². The van der Waals surface area contributed by atoms with Gasteiger partial charge in [-0.1, -0.05) is 28.1 Å². The molecule has 1 aliphatic heterocycles. The van der Waals surface area contributed by atoms with Crippen molar-refractivity contribution >= 4 is 15.9 Å². The van der Waals surface area contributed by atoms with Gasteiger partial charge in [0.15, 0.2) is 0 Å². The van der Waals surface area contributed by atoms with Gasteiger partial charge in [0.25, 0.3) is 0 Å².